The molecule has 2 rings (SSSR count). The Morgan fingerprint density at radius 3 is 2.73 bits per heavy atom. The van der Waals surface area contributed by atoms with Gasteiger partial charge < -0.3 is 5.73 Å². The molecule has 4 unspecified atom stereocenters. The lowest BCUT2D eigenvalue weighted by Gasteiger charge is -2.26. The van der Waals surface area contributed by atoms with Crippen molar-refractivity contribution < 1.29 is 4.79 Å². The number of hydrogen-bond acceptors (Lipinski definition) is 2. The molecule has 2 aliphatic rings. The number of terminal acetylenes is 1. The SMILES string of the molecule is C#CCCCC(=O)C1C2CCC(C2)C1N. The van der Waals surface area contributed by atoms with Crippen LogP contribution >= 0.6 is 0 Å². The van der Waals surface area contributed by atoms with E-state index in [1.54, 1.807) is 0 Å². The smallest absolute Gasteiger partial charge is 0.137 e. The molecule has 82 valence electrons. The van der Waals surface area contributed by atoms with Crippen LogP contribution in [0.2, 0.25) is 0 Å². The molecule has 0 aromatic rings. The predicted molar refractivity (Wildman–Crippen MR) is 60.0 cm³/mol. The normalized spacial score (nSPS) is 37.9. The topological polar surface area (TPSA) is 43.1 Å². The Morgan fingerprint density at radius 1 is 1.40 bits per heavy atom. The van der Waals surface area contributed by atoms with Gasteiger partial charge in [-0.05, 0) is 37.5 Å². The van der Waals surface area contributed by atoms with Crippen LogP contribution < -0.4 is 5.73 Å². The molecule has 0 heterocycles. The van der Waals surface area contributed by atoms with Crippen molar-refractivity contribution in [3.63, 3.8) is 0 Å². The molecule has 0 amide bonds. The lowest BCUT2D eigenvalue weighted by Crippen LogP contribution is -2.40. The van der Waals surface area contributed by atoms with Gasteiger partial charge >= 0.3 is 0 Å². The molecule has 4 atom stereocenters. The molecule has 15 heavy (non-hydrogen) atoms. The summed E-state index contributed by atoms with van der Waals surface area (Å²) in [7, 11) is 0. The summed E-state index contributed by atoms with van der Waals surface area (Å²) in [4.78, 5) is 12.0. The van der Waals surface area contributed by atoms with Crippen molar-refractivity contribution in [2.75, 3.05) is 0 Å². The van der Waals surface area contributed by atoms with Crippen molar-refractivity contribution in [2.45, 2.75) is 44.6 Å². The van der Waals surface area contributed by atoms with Crippen LogP contribution in [0.15, 0.2) is 0 Å². The van der Waals surface area contributed by atoms with Crippen LogP contribution in [-0.2, 0) is 4.79 Å². The van der Waals surface area contributed by atoms with Gasteiger partial charge in [-0.1, -0.05) is 0 Å². The number of carbonyl (C=O) groups excluding carboxylic acids is 1. The zero-order chi connectivity index (χ0) is 10.8. The van der Waals surface area contributed by atoms with Gasteiger partial charge in [-0.25, -0.2) is 0 Å². The number of hydrogen-bond donors (Lipinski definition) is 1. The summed E-state index contributed by atoms with van der Waals surface area (Å²) in [5.41, 5.74) is 6.11. The standard InChI is InChI=1S/C13H19NO/c1-2-3-4-5-11(15)12-9-6-7-10(8-9)13(12)14/h1,9-10,12-13H,3-8,14H2. The lowest BCUT2D eigenvalue weighted by molar-refractivity contribution is -0.124. The zero-order valence-electron chi connectivity index (χ0n) is 9.11. The number of carbonyl (C=O) groups is 1. The van der Waals surface area contributed by atoms with E-state index in [-0.39, 0.29) is 12.0 Å². The quantitative estimate of drug-likeness (QED) is 0.561. The second kappa shape index (κ2) is 4.37. The van der Waals surface area contributed by atoms with Crippen LogP contribution in [0, 0.1) is 30.1 Å². The van der Waals surface area contributed by atoms with E-state index in [4.69, 9.17) is 12.2 Å². The molecule has 0 radical (unpaired) electrons. The van der Waals surface area contributed by atoms with E-state index in [2.05, 4.69) is 5.92 Å². The molecule has 0 spiro atoms. The molecule has 0 saturated heterocycles. The monoisotopic (exact) mass is 205 g/mol. The van der Waals surface area contributed by atoms with Gasteiger partial charge in [0.2, 0.25) is 0 Å². The molecule has 2 saturated carbocycles. The number of nitrogens with two attached hydrogens (primary N) is 1. The second-order valence-corrected chi connectivity index (χ2v) is 4.96. The van der Waals surface area contributed by atoms with Gasteiger partial charge in [0.15, 0.2) is 0 Å². The largest absolute Gasteiger partial charge is 0.327 e. The third-order valence-electron chi connectivity index (χ3n) is 4.10. The Balaban J connectivity index is 1.88. The van der Waals surface area contributed by atoms with E-state index in [1.165, 1.54) is 19.3 Å². The van der Waals surface area contributed by atoms with Crippen molar-refractivity contribution in [1.82, 2.24) is 0 Å². The summed E-state index contributed by atoms with van der Waals surface area (Å²) in [6.45, 7) is 0. The van der Waals surface area contributed by atoms with E-state index < -0.39 is 0 Å². The highest BCUT2D eigenvalue weighted by atomic mass is 16.1. The lowest BCUT2D eigenvalue weighted by atomic mass is 9.81. The van der Waals surface area contributed by atoms with Gasteiger partial charge in [-0.15, -0.1) is 12.3 Å². The van der Waals surface area contributed by atoms with E-state index >= 15 is 0 Å². The Kier molecular flexibility index (Phi) is 3.11. The molecule has 2 N–H and O–H groups in total. The zero-order valence-corrected chi connectivity index (χ0v) is 9.11. The Bertz CT molecular complexity index is 289. The average Bonchev–Trinajstić information content (AvgIpc) is 2.78. The van der Waals surface area contributed by atoms with E-state index in [0.29, 0.717) is 30.5 Å². The highest BCUT2D eigenvalue weighted by Gasteiger charge is 2.48. The minimum absolute atomic E-state index is 0.141. The summed E-state index contributed by atoms with van der Waals surface area (Å²) < 4.78 is 0. The molecular formula is C13H19NO. The van der Waals surface area contributed by atoms with Gasteiger partial charge in [-0.3, -0.25) is 4.79 Å². The first-order valence-corrected chi connectivity index (χ1v) is 5.95. The van der Waals surface area contributed by atoms with Crippen molar-refractivity contribution in [1.29, 1.82) is 0 Å². The predicted octanol–water partition coefficient (Wildman–Crippen LogP) is 1.73. The maximum Gasteiger partial charge on any atom is 0.137 e. The van der Waals surface area contributed by atoms with Crippen molar-refractivity contribution >= 4 is 5.78 Å². The minimum Gasteiger partial charge on any atom is -0.327 e. The van der Waals surface area contributed by atoms with Crippen LogP contribution in [0.4, 0.5) is 0 Å². The number of ketones is 1. The first-order chi connectivity index (χ1) is 7.24. The summed E-state index contributed by atoms with van der Waals surface area (Å²) >= 11 is 0. The fourth-order valence-electron chi connectivity index (χ4n) is 3.34. The van der Waals surface area contributed by atoms with Crippen LogP contribution in [0.25, 0.3) is 0 Å². The summed E-state index contributed by atoms with van der Waals surface area (Å²) in [6.07, 6.45) is 11.0. The van der Waals surface area contributed by atoms with E-state index in [0.717, 1.165) is 6.42 Å². The third-order valence-corrected chi connectivity index (χ3v) is 4.10. The fraction of sp³-hybridized carbons (Fsp3) is 0.769. The Hall–Kier alpha value is -0.810. The van der Waals surface area contributed by atoms with Gasteiger partial charge in [0, 0.05) is 24.8 Å². The summed E-state index contributed by atoms with van der Waals surface area (Å²) in [5, 5.41) is 0. The van der Waals surface area contributed by atoms with Crippen LogP contribution in [0.3, 0.4) is 0 Å². The number of fused-ring (bicyclic) bond motifs is 2. The highest BCUT2D eigenvalue weighted by molar-refractivity contribution is 5.82. The molecular weight excluding hydrogens is 186 g/mol. The Labute approximate surface area is 91.6 Å². The van der Waals surface area contributed by atoms with Crippen LogP contribution in [0.1, 0.15) is 38.5 Å². The molecule has 2 aliphatic carbocycles. The first-order valence-electron chi connectivity index (χ1n) is 5.95. The molecule has 2 fully saturated rings. The third kappa shape index (κ3) is 1.94. The van der Waals surface area contributed by atoms with Crippen LogP contribution in [0.5, 0.6) is 0 Å². The minimum atomic E-state index is 0.141. The van der Waals surface area contributed by atoms with Crippen LogP contribution in [-0.4, -0.2) is 11.8 Å². The Morgan fingerprint density at radius 2 is 2.13 bits per heavy atom. The number of unbranched alkanes of at least 4 members (excludes halogenated alkanes) is 1. The molecule has 0 aromatic heterocycles. The van der Waals surface area contributed by atoms with Crippen molar-refractivity contribution in [3.05, 3.63) is 0 Å². The molecule has 2 nitrogen and oxygen atoms in total. The maximum absolute atomic E-state index is 12.0. The van der Waals surface area contributed by atoms with E-state index in [1.807, 2.05) is 0 Å². The molecule has 2 bridgehead atoms. The maximum atomic E-state index is 12.0. The van der Waals surface area contributed by atoms with E-state index in [9.17, 15) is 4.79 Å². The van der Waals surface area contributed by atoms with Gasteiger partial charge in [0.1, 0.15) is 5.78 Å². The molecule has 2 heteroatoms. The highest BCUT2D eigenvalue weighted by Crippen LogP contribution is 2.48. The summed E-state index contributed by atoms with van der Waals surface area (Å²) in [5.74, 6) is 4.30. The summed E-state index contributed by atoms with van der Waals surface area (Å²) in [6, 6.07) is 0.141. The van der Waals surface area contributed by atoms with Crippen molar-refractivity contribution in [2.24, 2.45) is 23.5 Å². The van der Waals surface area contributed by atoms with Crippen molar-refractivity contribution in [3.8, 4) is 12.3 Å². The second-order valence-electron chi connectivity index (χ2n) is 4.96. The van der Waals surface area contributed by atoms with Gasteiger partial charge in [0.05, 0.1) is 0 Å². The fourth-order valence-corrected chi connectivity index (χ4v) is 3.34. The number of rotatable bonds is 4. The first kappa shape index (κ1) is 10.7. The van der Waals surface area contributed by atoms with Gasteiger partial charge in [0.25, 0.3) is 0 Å². The molecule has 0 aliphatic heterocycles. The average molecular weight is 205 g/mol. The number of Topliss-reactive ketones (excluding diaryl/α,β-unsaturated/α-hetero) is 1. The van der Waals surface area contributed by atoms with Gasteiger partial charge in [-0.2, -0.15) is 0 Å². The molecule has 0 aromatic carbocycles.